The molecule has 124 valence electrons. The van der Waals surface area contributed by atoms with Crippen LogP contribution in [0.5, 0.6) is 0 Å². The molecular weight excluding hydrogens is 300 g/mol. The van der Waals surface area contributed by atoms with Gasteiger partial charge >= 0.3 is 0 Å². The molecule has 3 aromatic rings. The summed E-state index contributed by atoms with van der Waals surface area (Å²) in [6.07, 6.45) is 3.75. The molecule has 0 unspecified atom stereocenters. The molecule has 0 N–H and O–H groups in total. The van der Waals surface area contributed by atoms with Crippen LogP contribution < -0.4 is 0 Å². The lowest BCUT2D eigenvalue weighted by Gasteiger charge is -2.28. The van der Waals surface area contributed by atoms with Crippen molar-refractivity contribution in [2.24, 2.45) is 0 Å². The lowest BCUT2D eigenvalue weighted by atomic mass is 10.1. The highest BCUT2D eigenvalue weighted by atomic mass is 15.3. The maximum atomic E-state index is 4.38. The standard InChI is InChI=1S/C18H22N6/c1-14(2)18-21-20-17-13-22(10-11-23(17)18)12-15-4-6-16(7-5-15)24-9-3-8-19-24/h3-9,14H,10-13H2,1-2H3. The Balaban J connectivity index is 1.44. The van der Waals surface area contributed by atoms with Gasteiger partial charge in [0.05, 0.1) is 12.2 Å². The van der Waals surface area contributed by atoms with Gasteiger partial charge in [0.25, 0.3) is 0 Å². The largest absolute Gasteiger partial charge is 0.312 e. The van der Waals surface area contributed by atoms with E-state index in [1.165, 1.54) is 5.56 Å². The second kappa shape index (κ2) is 6.20. The molecule has 4 rings (SSSR count). The molecule has 0 spiro atoms. The SMILES string of the molecule is CC(C)c1nnc2n1CCN(Cc1ccc(-n3cccn3)cc1)C2. The molecule has 0 radical (unpaired) electrons. The number of nitrogens with zero attached hydrogens (tertiary/aromatic N) is 6. The van der Waals surface area contributed by atoms with Crippen LogP contribution in [0.2, 0.25) is 0 Å². The van der Waals surface area contributed by atoms with Gasteiger partial charge in [-0.25, -0.2) is 4.68 Å². The summed E-state index contributed by atoms with van der Waals surface area (Å²) in [5.41, 5.74) is 2.40. The summed E-state index contributed by atoms with van der Waals surface area (Å²) >= 11 is 0. The Labute approximate surface area is 141 Å². The third kappa shape index (κ3) is 2.85. The lowest BCUT2D eigenvalue weighted by Crippen LogP contribution is -2.34. The Morgan fingerprint density at radius 3 is 2.62 bits per heavy atom. The number of hydrogen-bond acceptors (Lipinski definition) is 4. The first kappa shape index (κ1) is 15.1. The summed E-state index contributed by atoms with van der Waals surface area (Å²) in [5.74, 6) is 2.61. The Morgan fingerprint density at radius 2 is 1.92 bits per heavy atom. The molecule has 2 aromatic heterocycles. The van der Waals surface area contributed by atoms with Crippen molar-refractivity contribution in [1.82, 2.24) is 29.4 Å². The highest BCUT2D eigenvalue weighted by Crippen LogP contribution is 2.20. The molecule has 3 heterocycles. The van der Waals surface area contributed by atoms with Crippen LogP contribution in [0.25, 0.3) is 5.69 Å². The lowest BCUT2D eigenvalue weighted by molar-refractivity contribution is 0.206. The fraction of sp³-hybridized carbons (Fsp3) is 0.389. The van der Waals surface area contributed by atoms with Crippen LogP contribution in [0, 0.1) is 0 Å². The van der Waals surface area contributed by atoms with Crippen LogP contribution in [-0.2, 0) is 19.6 Å². The van der Waals surface area contributed by atoms with Crippen molar-refractivity contribution in [2.45, 2.75) is 39.4 Å². The van der Waals surface area contributed by atoms with Gasteiger partial charge in [0.2, 0.25) is 0 Å². The number of rotatable bonds is 4. The first-order valence-corrected chi connectivity index (χ1v) is 8.44. The summed E-state index contributed by atoms with van der Waals surface area (Å²) in [7, 11) is 0. The normalized spacial score (nSPS) is 15.0. The zero-order valence-electron chi connectivity index (χ0n) is 14.1. The summed E-state index contributed by atoms with van der Waals surface area (Å²) in [4.78, 5) is 2.43. The van der Waals surface area contributed by atoms with E-state index >= 15 is 0 Å². The van der Waals surface area contributed by atoms with E-state index in [9.17, 15) is 0 Å². The molecule has 0 saturated carbocycles. The predicted molar refractivity (Wildman–Crippen MR) is 91.8 cm³/mol. The summed E-state index contributed by atoms with van der Waals surface area (Å²) in [6.45, 7) is 8.15. The third-order valence-electron chi connectivity index (χ3n) is 4.49. The van der Waals surface area contributed by atoms with Crippen LogP contribution >= 0.6 is 0 Å². The van der Waals surface area contributed by atoms with Crippen LogP contribution in [0.1, 0.15) is 37.0 Å². The zero-order valence-corrected chi connectivity index (χ0v) is 14.1. The number of aromatic nitrogens is 5. The monoisotopic (exact) mass is 322 g/mol. The van der Waals surface area contributed by atoms with E-state index in [-0.39, 0.29) is 0 Å². The molecule has 0 fully saturated rings. The molecule has 0 saturated heterocycles. The quantitative estimate of drug-likeness (QED) is 0.741. The van der Waals surface area contributed by atoms with Gasteiger partial charge in [-0.1, -0.05) is 26.0 Å². The fourth-order valence-corrected chi connectivity index (χ4v) is 3.23. The van der Waals surface area contributed by atoms with E-state index in [0.29, 0.717) is 5.92 Å². The first-order chi connectivity index (χ1) is 11.7. The summed E-state index contributed by atoms with van der Waals surface area (Å²) in [5, 5.41) is 13.0. The molecule has 1 aliphatic rings. The Kier molecular flexibility index (Phi) is 3.90. The van der Waals surface area contributed by atoms with Crippen LogP contribution in [0.4, 0.5) is 0 Å². The number of fused-ring (bicyclic) bond motifs is 1. The van der Waals surface area contributed by atoms with Crippen molar-refractivity contribution >= 4 is 0 Å². The van der Waals surface area contributed by atoms with E-state index in [1.54, 1.807) is 6.20 Å². The zero-order chi connectivity index (χ0) is 16.5. The van der Waals surface area contributed by atoms with Gasteiger partial charge < -0.3 is 4.57 Å². The van der Waals surface area contributed by atoms with Gasteiger partial charge in [-0.3, -0.25) is 4.90 Å². The van der Waals surface area contributed by atoms with Crippen LogP contribution in [-0.4, -0.2) is 36.0 Å². The van der Waals surface area contributed by atoms with Crippen molar-refractivity contribution in [3.8, 4) is 5.69 Å². The van der Waals surface area contributed by atoms with Crippen LogP contribution in [0.15, 0.2) is 42.7 Å². The van der Waals surface area contributed by atoms with Gasteiger partial charge in [0.1, 0.15) is 11.6 Å². The van der Waals surface area contributed by atoms with Gasteiger partial charge in [0, 0.05) is 37.9 Å². The second-order valence-electron chi connectivity index (χ2n) is 6.61. The first-order valence-electron chi connectivity index (χ1n) is 8.44. The second-order valence-corrected chi connectivity index (χ2v) is 6.61. The predicted octanol–water partition coefficient (Wildman–Crippen LogP) is 2.60. The maximum absolute atomic E-state index is 4.38. The molecule has 1 aliphatic heterocycles. The average Bonchev–Trinajstić information content (AvgIpc) is 3.25. The summed E-state index contributed by atoms with van der Waals surface area (Å²) in [6, 6.07) is 10.5. The van der Waals surface area contributed by atoms with Crippen molar-refractivity contribution in [3.63, 3.8) is 0 Å². The van der Waals surface area contributed by atoms with E-state index < -0.39 is 0 Å². The van der Waals surface area contributed by atoms with Crippen molar-refractivity contribution in [1.29, 1.82) is 0 Å². The Hall–Kier alpha value is -2.47. The minimum atomic E-state index is 0.424. The molecule has 24 heavy (non-hydrogen) atoms. The van der Waals surface area contributed by atoms with E-state index in [0.717, 1.165) is 43.5 Å². The minimum Gasteiger partial charge on any atom is -0.312 e. The minimum absolute atomic E-state index is 0.424. The molecule has 6 nitrogen and oxygen atoms in total. The Bertz CT molecular complexity index is 801. The van der Waals surface area contributed by atoms with Gasteiger partial charge in [-0.15, -0.1) is 10.2 Å². The molecule has 0 atom stereocenters. The average molecular weight is 322 g/mol. The van der Waals surface area contributed by atoms with Crippen molar-refractivity contribution in [3.05, 3.63) is 59.9 Å². The third-order valence-corrected chi connectivity index (χ3v) is 4.49. The molecule has 0 amide bonds. The van der Waals surface area contributed by atoms with E-state index in [2.05, 4.69) is 62.9 Å². The van der Waals surface area contributed by atoms with Gasteiger partial charge in [0.15, 0.2) is 0 Å². The topological polar surface area (TPSA) is 51.8 Å². The van der Waals surface area contributed by atoms with Crippen molar-refractivity contribution < 1.29 is 0 Å². The van der Waals surface area contributed by atoms with E-state index in [1.807, 2.05) is 16.9 Å². The molecule has 0 bridgehead atoms. The van der Waals surface area contributed by atoms with Crippen molar-refractivity contribution in [2.75, 3.05) is 6.54 Å². The Morgan fingerprint density at radius 1 is 1.08 bits per heavy atom. The number of benzene rings is 1. The fourth-order valence-electron chi connectivity index (χ4n) is 3.23. The molecular formula is C18H22N6. The van der Waals surface area contributed by atoms with Gasteiger partial charge in [-0.2, -0.15) is 5.10 Å². The highest BCUT2D eigenvalue weighted by Gasteiger charge is 2.22. The van der Waals surface area contributed by atoms with Crippen LogP contribution in [0.3, 0.4) is 0 Å². The van der Waals surface area contributed by atoms with E-state index in [4.69, 9.17) is 0 Å². The summed E-state index contributed by atoms with van der Waals surface area (Å²) < 4.78 is 4.16. The molecule has 1 aromatic carbocycles. The smallest absolute Gasteiger partial charge is 0.147 e. The molecule has 0 aliphatic carbocycles. The van der Waals surface area contributed by atoms with Gasteiger partial charge in [-0.05, 0) is 23.8 Å². The maximum Gasteiger partial charge on any atom is 0.147 e. The molecule has 6 heteroatoms. The highest BCUT2D eigenvalue weighted by molar-refractivity contribution is 5.33. The number of hydrogen-bond donors (Lipinski definition) is 0.